The Hall–Kier alpha value is -0.820. The lowest BCUT2D eigenvalue weighted by atomic mass is 9.49. The van der Waals surface area contributed by atoms with Crippen LogP contribution in [-0.2, 0) is 17.9 Å². The quantitative estimate of drug-likeness (QED) is 0.113. The van der Waals surface area contributed by atoms with Crippen molar-refractivity contribution in [1.82, 2.24) is 0 Å². The van der Waals surface area contributed by atoms with Crippen molar-refractivity contribution in [2.45, 2.75) is 78.4 Å². The number of carbonyl (C=O) groups excluding carboxylic acids is 1. The third-order valence-electron chi connectivity index (χ3n) is 9.17. The van der Waals surface area contributed by atoms with Crippen LogP contribution in [0.3, 0.4) is 0 Å². The largest absolute Gasteiger partial charge is 0.463 e. The zero-order valence-electron chi connectivity index (χ0n) is 23.3. The van der Waals surface area contributed by atoms with Gasteiger partial charge in [-0.1, -0.05) is 85.6 Å². The minimum Gasteiger partial charge on any atom is -0.463 e. The molecule has 0 heterocycles. The molecule has 0 spiro atoms. The van der Waals surface area contributed by atoms with E-state index >= 15 is 0 Å². The maximum absolute atomic E-state index is 11.7. The number of esters is 1. The van der Waals surface area contributed by atoms with Crippen molar-refractivity contribution in [1.29, 1.82) is 2.67 Å². The van der Waals surface area contributed by atoms with Gasteiger partial charge in [0.2, 0.25) is 14.2 Å². The molecule has 0 aromatic carbocycles. The number of hydrogen-bond donors (Lipinski definition) is 0. The zero-order chi connectivity index (χ0) is 26.6. The Labute approximate surface area is 224 Å². The van der Waals surface area contributed by atoms with Crippen molar-refractivity contribution >= 4 is 43.9 Å². The van der Waals surface area contributed by atoms with Crippen LogP contribution in [0.25, 0.3) is 0 Å². The molecule has 0 amide bonds. The summed E-state index contributed by atoms with van der Waals surface area (Å²) in [4.78, 5) is 11.7. The fourth-order valence-electron chi connectivity index (χ4n) is 7.43. The summed E-state index contributed by atoms with van der Waals surface area (Å²) in [6, 6.07) is 0. The lowest BCUT2D eigenvalue weighted by Crippen LogP contribution is -2.52. The summed E-state index contributed by atoms with van der Waals surface area (Å²) in [7, 11) is 2.48. The van der Waals surface area contributed by atoms with Crippen molar-refractivity contribution in [3.05, 3.63) is 47.1 Å². The Balaban J connectivity index is 1.54. The molecule has 0 aromatic rings. The topological polar surface area (TPSA) is 44.8 Å². The highest BCUT2D eigenvalue weighted by atomic mass is 32.2. The van der Waals surface area contributed by atoms with E-state index in [-0.39, 0.29) is 29.0 Å². The molecule has 4 aliphatic rings. The van der Waals surface area contributed by atoms with Gasteiger partial charge >= 0.3 is 5.97 Å². The lowest BCUT2D eigenvalue weighted by Gasteiger charge is -2.57. The monoisotopic (exact) mass is 516 g/mol. The van der Waals surface area contributed by atoms with Crippen molar-refractivity contribution in [2.75, 3.05) is 6.61 Å². The third-order valence-corrected chi connectivity index (χ3v) is 9.90. The Bertz CT molecular complexity index is 974. The first-order valence-electron chi connectivity index (χ1n) is 13.9. The summed E-state index contributed by atoms with van der Waals surface area (Å²) in [6.07, 6.45) is 16.4. The average Bonchev–Trinajstić information content (AvgIpc) is 3.23. The predicted octanol–water partition coefficient (Wildman–Crippen LogP) is 5.86. The molecule has 188 valence electrons. The summed E-state index contributed by atoms with van der Waals surface area (Å²) < 4.78 is 32.0. The van der Waals surface area contributed by atoms with Crippen LogP contribution in [0.1, 0.15) is 66.2 Å². The molecule has 0 aromatic heterocycles. The van der Waals surface area contributed by atoms with Crippen LogP contribution in [0.2, 0.25) is 0 Å². The van der Waals surface area contributed by atoms with E-state index in [1.165, 1.54) is 25.3 Å². The van der Waals surface area contributed by atoms with Gasteiger partial charge in [0.05, 0.1) is 18.8 Å². The van der Waals surface area contributed by atoms with Gasteiger partial charge in [0, 0.05) is 17.9 Å². The first-order chi connectivity index (χ1) is 17.8. The molecule has 2 saturated carbocycles. The molecule has 2 fully saturated rings. The standard InChI is InChI=1S/C27H38B2O4S2/c1-5-31-25(30)8-6-7-17(2)21-11-12-22-20-10-9-18-15-19(32-34-28)16-24(33-35-29)27(18,4)23(20)13-14-26(21,22)3/h6,8-11,17,19,22-24,28-29H,5,7,12-16H2,1-4H3/b8-6+/t17-,19-,22?,23?,24+,26-,27+/m1/s1/i28T,29T. The van der Waals surface area contributed by atoms with Crippen LogP contribution in [0, 0.1) is 28.6 Å². The highest BCUT2D eigenvalue weighted by Gasteiger charge is 2.57. The highest BCUT2D eigenvalue weighted by Crippen LogP contribution is 2.65. The van der Waals surface area contributed by atoms with Gasteiger partial charge in [-0.05, 0) is 64.9 Å². The van der Waals surface area contributed by atoms with Gasteiger partial charge in [-0.25, -0.2) is 4.79 Å². The fourth-order valence-corrected chi connectivity index (χ4v) is 8.15. The van der Waals surface area contributed by atoms with Gasteiger partial charge in [0.15, 0.2) is 0 Å². The molecule has 4 nitrogen and oxygen atoms in total. The summed E-state index contributed by atoms with van der Waals surface area (Å²) >= 11 is 2.19. The molecule has 35 heavy (non-hydrogen) atoms. The fraction of sp³-hybridized carbons (Fsp3) is 0.667. The molecule has 8 heteroatoms. The molecule has 4 rings (SSSR count). The van der Waals surface area contributed by atoms with E-state index in [4.69, 9.17) is 15.8 Å². The van der Waals surface area contributed by atoms with E-state index in [9.17, 15) is 4.79 Å². The van der Waals surface area contributed by atoms with Gasteiger partial charge in [-0.3, -0.25) is 0 Å². The Morgan fingerprint density at radius 3 is 2.86 bits per heavy atom. The molecule has 2 unspecified atom stereocenters. The molecule has 0 N–H and O–H groups in total. The minimum absolute atomic E-state index is 0.00525. The zero-order valence-corrected chi connectivity index (χ0v) is 23.0. The predicted molar refractivity (Wildman–Crippen MR) is 149 cm³/mol. The van der Waals surface area contributed by atoms with Crippen LogP contribution in [0.15, 0.2) is 47.1 Å². The number of hydrogen-bond acceptors (Lipinski definition) is 6. The molecular formula is C27H38B2O4S2. The smallest absolute Gasteiger partial charge is 0.330 e. The maximum atomic E-state index is 11.7. The Kier molecular flexibility index (Phi) is 7.90. The first-order valence-corrected chi connectivity index (χ1v) is 14.4. The Morgan fingerprint density at radius 1 is 1.29 bits per heavy atom. The van der Waals surface area contributed by atoms with E-state index in [1.807, 2.05) is 13.0 Å². The molecular weight excluding hydrogens is 474 g/mol. The summed E-state index contributed by atoms with van der Waals surface area (Å²) in [5.41, 5.74) is 4.43. The summed E-state index contributed by atoms with van der Waals surface area (Å²) in [5.74, 6) is 0.996. The summed E-state index contributed by atoms with van der Waals surface area (Å²) in [6.45, 7) is 9.31. The number of allylic oxidation sites excluding steroid dienone is 6. The minimum atomic E-state index is -0.266. The van der Waals surface area contributed by atoms with Crippen LogP contribution in [-0.4, -0.2) is 41.6 Å². The van der Waals surface area contributed by atoms with Crippen LogP contribution < -0.4 is 0 Å². The summed E-state index contributed by atoms with van der Waals surface area (Å²) in [5, 5.41) is 0. The molecule has 0 aliphatic heterocycles. The van der Waals surface area contributed by atoms with Crippen LogP contribution >= 0.6 is 23.8 Å². The molecule has 7 atom stereocenters. The second kappa shape index (κ2) is 11.3. The second-order valence-corrected chi connectivity index (χ2v) is 11.6. The lowest BCUT2D eigenvalue weighted by molar-refractivity contribution is -0.137. The number of rotatable bonds is 11. The molecule has 4 aliphatic carbocycles. The van der Waals surface area contributed by atoms with E-state index < -0.39 is 0 Å². The van der Waals surface area contributed by atoms with Crippen LogP contribution in [0.5, 0.6) is 0 Å². The highest BCUT2D eigenvalue weighted by molar-refractivity contribution is 8.16. The van der Waals surface area contributed by atoms with Gasteiger partial charge < -0.3 is 13.1 Å². The van der Waals surface area contributed by atoms with Crippen LogP contribution in [0.4, 0.5) is 0 Å². The van der Waals surface area contributed by atoms with Gasteiger partial charge in [0.25, 0.3) is 0 Å². The SMILES string of the molecule is [3H][B]SO[C@@H]1CC2=CC=C3C(CC[C@]4(C)C([C@H](C)C/C=C/C(=O)OCC)=CCC34)[C@@]2(C)[C@@H](OS[B][3H])C1. The van der Waals surface area contributed by atoms with Crippen molar-refractivity contribution < 1.29 is 17.9 Å². The van der Waals surface area contributed by atoms with Gasteiger partial charge in [0.1, 0.15) is 0 Å². The Morgan fingerprint density at radius 2 is 2.09 bits per heavy atom. The van der Waals surface area contributed by atoms with Crippen molar-refractivity contribution in [3.63, 3.8) is 0 Å². The number of fused-ring (bicyclic) bond motifs is 5. The van der Waals surface area contributed by atoms with E-state index in [0.717, 1.165) is 62.3 Å². The normalized spacial score (nSPS) is 37.5. The first kappa shape index (κ1) is 24.5. The molecule has 0 bridgehead atoms. The van der Waals surface area contributed by atoms with Crippen molar-refractivity contribution in [2.24, 2.45) is 28.6 Å². The second-order valence-electron chi connectivity index (χ2n) is 10.8. The van der Waals surface area contributed by atoms with Gasteiger partial charge in [-0.15, -0.1) is 0 Å². The van der Waals surface area contributed by atoms with E-state index in [1.54, 1.807) is 11.6 Å². The average molecular weight is 516 g/mol. The van der Waals surface area contributed by atoms with E-state index in [2.05, 4.69) is 39.0 Å². The third kappa shape index (κ3) is 5.02. The molecule has 2 radical (unpaired) electrons. The number of ether oxygens (including phenoxy) is 1. The van der Waals surface area contributed by atoms with Gasteiger partial charge in [-0.2, -0.15) is 0 Å². The van der Waals surface area contributed by atoms with E-state index in [0.29, 0.717) is 24.4 Å². The maximum Gasteiger partial charge on any atom is 0.330 e. The number of carbonyl (C=O) groups is 1. The molecule has 0 saturated heterocycles. The van der Waals surface area contributed by atoms with Crippen molar-refractivity contribution in [3.8, 4) is 0 Å².